The lowest BCUT2D eigenvalue weighted by molar-refractivity contribution is 0.403. The molecule has 0 saturated carbocycles. The van der Waals surface area contributed by atoms with Crippen molar-refractivity contribution in [2.75, 3.05) is 0 Å². The number of aromatic hydroxyl groups is 8. The molecule has 7 rings (SSSR count). The Hall–Kier alpha value is -7.06. The monoisotopic (exact) mass is 718 g/mol. The largest absolute Gasteiger partial charge is 0.504 e. The van der Waals surface area contributed by atoms with Gasteiger partial charge in [0.15, 0.2) is 46.0 Å². The lowest BCUT2D eigenvalue weighted by Gasteiger charge is -2.14. The summed E-state index contributed by atoms with van der Waals surface area (Å²) in [4.78, 5) is 0. The van der Waals surface area contributed by atoms with E-state index in [-0.39, 0.29) is 46.0 Å². The summed E-state index contributed by atoms with van der Waals surface area (Å²) in [6, 6.07) is 39.8. The summed E-state index contributed by atoms with van der Waals surface area (Å²) in [6.45, 7) is 0. The fraction of sp³-hybridized carbons (Fsp3) is 0.0870. The van der Waals surface area contributed by atoms with Crippen molar-refractivity contribution in [1.29, 1.82) is 0 Å². The van der Waals surface area contributed by atoms with Crippen molar-refractivity contribution in [1.82, 2.24) is 0 Å². The predicted molar refractivity (Wildman–Crippen MR) is 208 cm³/mol. The van der Waals surface area contributed by atoms with Gasteiger partial charge in [0.05, 0.1) is 0 Å². The fourth-order valence-corrected chi connectivity index (χ4v) is 6.80. The molecule has 0 spiro atoms. The van der Waals surface area contributed by atoms with Crippen molar-refractivity contribution in [3.8, 4) is 68.2 Å². The maximum absolute atomic E-state index is 10.2. The summed E-state index contributed by atoms with van der Waals surface area (Å²) in [5, 5.41) is 80.1. The van der Waals surface area contributed by atoms with Crippen LogP contribution in [0, 0.1) is 0 Å². The Labute approximate surface area is 312 Å². The highest BCUT2D eigenvalue weighted by molar-refractivity contribution is 5.75. The van der Waals surface area contributed by atoms with Crippen LogP contribution in [0.4, 0.5) is 0 Å². The summed E-state index contributed by atoms with van der Waals surface area (Å²) in [6.07, 6.45) is 1.95. The van der Waals surface area contributed by atoms with Crippen LogP contribution >= 0.6 is 0 Å². The number of hydrogen-bond acceptors (Lipinski definition) is 8. The van der Waals surface area contributed by atoms with Crippen molar-refractivity contribution in [3.63, 3.8) is 0 Å². The summed E-state index contributed by atoms with van der Waals surface area (Å²) < 4.78 is 0. The third-order valence-corrected chi connectivity index (χ3v) is 9.43. The molecule has 8 nitrogen and oxygen atoms in total. The lowest BCUT2D eigenvalue weighted by Crippen LogP contribution is -1.96. The van der Waals surface area contributed by atoms with E-state index in [1.54, 1.807) is 48.5 Å². The van der Waals surface area contributed by atoms with Gasteiger partial charge in [0, 0.05) is 0 Å². The fourth-order valence-electron chi connectivity index (χ4n) is 6.80. The van der Waals surface area contributed by atoms with Crippen LogP contribution in [0.5, 0.6) is 46.0 Å². The Morgan fingerprint density at radius 2 is 0.500 bits per heavy atom. The summed E-state index contributed by atoms with van der Waals surface area (Å²) in [5.41, 5.74) is 11.0. The zero-order valence-electron chi connectivity index (χ0n) is 29.1. The van der Waals surface area contributed by atoms with Crippen LogP contribution in [0.3, 0.4) is 0 Å². The smallest absolute Gasteiger partial charge is 0.157 e. The van der Waals surface area contributed by atoms with Crippen molar-refractivity contribution < 1.29 is 40.9 Å². The van der Waals surface area contributed by atoms with Crippen LogP contribution in [0.1, 0.15) is 44.5 Å². The highest BCUT2D eigenvalue weighted by Gasteiger charge is 2.13. The van der Waals surface area contributed by atoms with Crippen LogP contribution < -0.4 is 0 Å². The number of benzene rings is 7. The van der Waals surface area contributed by atoms with Crippen molar-refractivity contribution in [2.45, 2.75) is 25.7 Å². The SMILES string of the molecule is Oc1ccc(Cc2cc(Cc3ccc(O)c(O)c3)cc(-c3cccc(-c4cc(Cc5ccc(O)c(O)c5)cc(Cc5ccc(O)c(O)c5)c4)c3)c2)cc1O. The van der Waals surface area contributed by atoms with Gasteiger partial charge in [-0.25, -0.2) is 0 Å². The highest BCUT2D eigenvalue weighted by atomic mass is 16.3. The molecule has 7 aromatic rings. The molecular weight excluding hydrogens is 680 g/mol. The van der Waals surface area contributed by atoms with Crippen LogP contribution in [-0.4, -0.2) is 40.9 Å². The van der Waals surface area contributed by atoms with Gasteiger partial charge >= 0.3 is 0 Å². The highest BCUT2D eigenvalue weighted by Crippen LogP contribution is 2.34. The quantitative estimate of drug-likeness (QED) is 0.0650. The molecule has 270 valence electrons. The molecule has 7 aromatic carbocycles. The van der Waals surface area contributed by atoms with Gasteiger partial charge in [-0.3, -0.25) is 0 Å². The number of phenolic OH excluding ortho intramolecular Hbond substituents is 8. The summed E-state index contributed by atoms with van der Waals surface area (Å²) in [7, 11) is 0. The third-order valence-electron chi connectivity index (χ3n) is 9.43. The molecule has 8 heteroatoms. The Bertz CT molecular complexity index is 2190. The zero-order valence-corrected chi connectivity index (χ0v) is 29.1. The molecule has 0 aromatic heterocycles. The van der Waals surface area contributed by atoms with Crippen LogP contribution in [0.15, 0.2) is 133 Å². The number of rotatable bonds is 10. The molecule has 0 aliphatic heterocycles. The number of hydrogen-bond donors (Lipinski definition) is 8. The Morgan fingerprint density at radius 1 is 0.222 bits per heavy atom. The minimum Gasteiger partial charge on any atom is -0.504 e. The first-order valence-corrected chi connectivity index (χ1v) is 17.4. The maximum Gasteiger partial charge on any atom is 0.157 e. The standard InChI is InChI=1S/C46H38O8/c47-39-8-4-27(22-43(39)51)12-31-16-32(13-28-5-9-40(48)44(52)23-28)19-37(18-31)35-2-1-3-36(26-35)38-20-33(14-29-6-10-41(49)45(53)24-29)17-34(21-38)15-30-7-11-42(50)46(54)25-30/h1-11,16-26,47-54H,12-15H2. The predicted octanol–water partition coefficient (Wildman–Crippen LogP) is 9.03. The van der Waals surface area contributed by atoms with Gasteiger partial charge < -0.3 is 40.9 Å². The molecule has 0 unspecified atom stereocenters. The second-order valence-corrected chi connectivity index (χ2v) is 13.7. The third kappa shape index (κ3) is 8.19. The summed E-state index contributed by atoms with van der Waals surface area (Å²) >= 11 is 0. The maximum atomic E-state index is 10.2. The van der Waals surface area contributed by atoms with Gasteiger partial charge in [-0.05, 0) is 147 Å². The van der Waals surface area contributed by atoms with Crippen molar-refractivity contribution in [2.24, 2.45) is 0 Å². The van der Waals surface area contributed by atoms with E-state index in [9.17, 15) is 40.9 Å². The van der Waals surface area contributed by atoms with E-state index in [1.165, 1.54) is 24.3 Å². The van der Waals surface area contributed by atoms with Crippen LogP contribution in [-0.2, 0) is 25.7 Å². The van der Waals surface area contributed by atoms with E-state index in [0.29, 0.717) is 25.7 Å². The van der Waals surface area contributed by atoms with Gasteiger partial charge in [0.2, 0.25) is 0 Å². The zero-order chi connectivity index (χ0) is 37.9. The molecule has 0 radical (unpaired) electrons. The van der Waals surface area contributed by atoms with Gasteiger partial charge in [-0.15, -0.1) is 0 Å². The minimum absolute atomic E-state index is 0.188. The van der Waals surface area contributed by atoms with E-state index in [4.69, 9.17) is 0 Å². The molecule has 0 bridgehead atoms. The van der Waals surface area contributed by atoms with E-state index < -0.39 is 0 Å². The average Bonchev–Trinajstić information content (AvgIpc) is 3.14. The molecule has 0 atom stereocenters. The van der Waals surface area contributed by atoms with Gasteiger partial charge in [0.1, 0.15) is 0 Å². The minimum atomic E-state index is -0.192. The molecule has 0 aliphatic rings. The molecule has 0 saturated heterocycles. The van der Waals surface area contributed by atoms with Crippen LogP contribution in [0.2, 0.25) is 0 Å². The Kier molecular flexibility index (Phi) is 9.75. The Balaban J connectivity index is 1.28. The van der Waals surface area contributed by atoms with E-state index in [0.717, 1.165) is 66.8 Å². The molecule has 54 heavy (non-hydrogen) atoms. The molecule has 0 aliphatic carbocycles. The molecule has 0 amide bonds. The molecular formula is C46H38O8. The topological polar surface area (TPSA) is 162 Å². The molecule has 0 heterocycles. The van der Waals surface area contributed by atoms with E-state index in [2.05, 4.69) is 42.5 Å². The van der Waals surface area contributed by atoms with E-state index in [1.807, 2.05) is 18.2 Å². The van der Waals surface area contributed by atoms with Crippen molar-refractivity contribution in [3.05, 3.63) is 178 Å². The first kappa shape index (κ1) is 35.3. The van der Waals surface area contributed by atoms with Crippen molar-refractivity contribution >= 4 is 0 Å². The second-order valence-electron chi connectivity index (χ2n) is 13.7. The van der Waals surface area contributed by atoms with Gasteiger partial charge in [-0.1, -0.05) is 78.9 Å². The van der Waals surface area contributed by atoms with Gasteiger partial charge in [0.25, 0.3) is 0 Å². The molecule has 8 N–H and O–H groups in total. The lowest BCUT2D eigenvalue weighted by atomic mass is 9.91. The van der Waals surface area contributed by atoms with Crippen LogP contribution in [0.25, 0.3) is 22.3 Å². The first-order chi connectivity index (χ1) is 25.9. The summed E-state index contributed by atoms with van der Waals surface area (Å²) in [5.74, 6) is -1.52. The van der Waals surface area contributed by atoms with Gasteiger partial charge in [-0.2, -0.15) is 0 Å². The normalized spacial score (nSPS) is 11.1. The van der Waals surface area contributed by atoms with E-state index >= 15 is 0 Å². The average molecular weight is 719 g/mol. The first-order valence-electron chi connectivity index (χ1n) is 17.4. The Morgan fingerprint density at radius 3 is 0.759 bits per heavy atom. The second kappa shape index (κ2) is 14.9. The number of phenols is 8. The molecule has 0 fully saturated rings.